The molecule has 1 aliphatic rings. The van der Waals surface area contributed by atoms with Gasteiger partial charge in [-0.05, 0) is 45.5 Å². The van der Waals surface area contributed by atoms with Gasteiger partial charge in [-0.1, -0.05) is 12.1 Å². The Morgan fingerprint density at radius 2 is 1.92 bits per heavy atom. The predicted octanol–water partition coefficient (Wildman–Crippen LogP) is 1.67. The number of hydrogen-bond acceptors (Lipinski definition) is 4. The third kappa shape index (κ3) is 5.58. The van der Waals surface area contributed by atoms with Gasteiger partial charge in [-0.3, -0.25) is 9.69 Å². The molecular formula is C19H31N3O2. The molecule has 2 rings (SSSR count). The molecule has 134 valence electrons. The van der Waals surface area contributed by atoms with Crippen LogP contribution in [0.4, 0.5) is 0 Å². The van der Waals surface area contributed by atoms with Crippen molar-refractivity contribution in [1.82, 2.24) is 14.7 Å². The number of piperazine rings is 1. The summed E-state index contributed by atoms with van der Waals surface area (Å²) in [6.07, 6.45) is 0. The van der Waals surface area contributed by atoms with Gasteiger partial charge in [-0.25, -0.2) is 0 Å². The van der Waals surface area contributed by atoms with E-state index in [4.69, 9.17) is 0 Å². The molecule has 0 bridgehead atoms. The summed E-state index contributed by atoms with van der Waals surface area (Å²) in [6.45, 7) is 11.5. The summed E-state index contributed by atoms with van der Waals surface area (Å²) in [7, 11) is 2.15. The van der Waals surface area contributed by atoms with Crippen molar-refractivity contribution < 1.29 is 9.90 Å². The van der Waals surface area contributed by atoms with Crippen LogP contribution in [0, 0.1) is 0 Å². The Balaban J connectivity index is 2.04. The lowest BCUT2D eigenvalue weighted by Gasteiger charge is -2.32. The van der Waals surface area contributed by atoms with E-state index in [1.54, 1.807) is 18.7 Å². The molecule has 1 aromatic rings. The van der Waals surface area contributed by atoms with Gasteiger partial charge in [0.05, 0.1) is 5.60 Å². The van der Waals surface area contributed by atoms with E-state index in [-0.39, 0.29) is 5.91 Å². The highest BCUT2D eigenvalue weighted by Crippen LogP contribution is 2.14. The molecule has 1 aliphatic heterocycles. The molecule has 24 heavy (non-hydrogen) atoms. The third-order valence-electron chi connectivity index (χ3n) is 4.42. The van der Waals surface area contributed by atoms with E-state index in [1.165, 1.54) is 5.56 Å². The van der Waals surface area contributed by atoms with Crippen LogP contribution >= 0.6 is 0 Å². The largest absolute Gasteiger partial charge is 0.389 e. The Kier molecular flexibility index (Phi) is 6.38. The van der Waals surface area contributed by atoms with Crippen molar-refractivity contribution in [3.8, 4) is 0 Å². The standard InChI is InChI=1S/C19H31N3O2/c1-5-22(15-19(2,3)24)18(23)17-8-6-7-16(13-17)14-21-11-9-20(4)10-12-21/h6-8,13,24H,5,9-12,14-15H2,1-4H3. The Hall–Kier alpha value is -1.43. The molecular weight excluding hydrogens is 302 g/mol. The minimum absolute atomic E-state index is 0.0140. The molecule has 0 spiro atoms. The molecule has 0 atom stereocenters. The summed E-state index contributed by atoms with van der Waals surface area (Å²) in [5.74, 6) is -0.0140. The first-order valence-electron chi connectivity index (χ1n) is 8.80. The average molecular weight is 333 g/mol. The van der Waals surface area contributed by atoms with Crippen LogP contribution in [0.15, 0.2) is 24.3 Å². The fourth-order valence-electron chi connectivity index (χ4n) is 3.04. The van der Waals surface area contributed by atoms with Crippen LogP contribution in [0.5, 0.6) is 0 Å². The molecule has 0 aromatic heterocycles. The third-order valence-corrected chi connectivity index (χ3v) is 4.42. The predicted molar refractivity (Wildman–Crippen MR) is 97.1 cm³/mol. The fourth-order valence-corrected chi connectivity index (χ4v) is 3.04. The number of hydrogen-bond donors (Lipinski definition) is 1. The number of carbonyl (C=O) groups is 1. The van der Waals surface area contributed by atoms with Gasteiger partial charge < -0.3 is 14.9 Å². The van der Waals surface area contributed by atoms with Gasteiger partial charge in [0, 0.05) is 51.4 Å². The topological polar surface area (TPSA) is 47.0 Å². The van der Waals surface area contributed by atoms with Gasteiger partial charge in [0.15, 0.2) is 0 Å². The summed E-state index contributed by atoms with van der Waals surface area (Å²) < 4.78 is 0. The first-order chi connectivity index (χ1) is 11.3. The Bertz CT molecular complexity index is 546. The summed E-state index contributed by atoms with van der Waals surface area (Å²) in [4.78, 5) is 19.2. The molecule has 1 aromatic carbocycles. The van der Waals surface area contributed by atoms with Crippen LogP contribution in [0.2, 0.25) is 0 Å². The van der Waals surface area contributed by atoms with Crippen LogP contribution in [0.1, 0.15) is 36.7 Å². The molecule has 5 heteroatoms. The maximum Gasteiger partial charge on any atom is 0.253 e. The molecule has 1 N–H and O–H groups in total. The van der Waals surface area contributed by atoms with Crippen LogP contribution in [0.3, 0.4) is 0 Å². The summed E-state index contributed by atoms with van der Waals surface area (Å²) in [6, 6.07) is 7.90. The first kappa shape index (κ1) is 18.9. The molecule has 0 unspecified atom stereocenters. The second kappa shape index (κ2) is 8.10. The van der Waals surface area contributed by atoms with E-state index < -0.39 is 5.60 Å². The second-order valence-electron chi connectivity index (χ2n) is 7.41. The highest BCUT2D eigenvalue weighted by atomic mass is 16.3. The molecule has 0 aliphatic carbocycles. The normalized spacial score (nSPS) is 17.0. The van der Waals surface area contributed by atoms with Gasteiger partial charge in [-0.2, -0.15) is 0 Å². The second-order valence-corrected chi connectivity index (χ2v) is 7.41. The van der Waals surface area contributed by atoms with E-state index >= 15 is 0 Å². The molecule has 0 radical (unpaired) electrons. The van der Waals surface area contributed by atoms with E-state index in [0.29, 0.717) is 18.7 Å². The maximum absolute atomic E-state index is 12.7. The Labute approximate surface area is 145 Å². The van der Waals surface area contributed by atoms with E-state index in [0.717, 1.165) is 32.7 Å². The van der Waals surface area contributed by atoms with E-state index in [2.05, 4.69) is 22.9 Å². The highest BCUT2D eigenvalue weighted by molar-refractivity contribution is 5.94. The molecule has 1 saturated heterocycles. The maximum atomic E-state index is 12.7. The van der Waals surface area contributed by atoms with Gasteiger partial charge in [0.2, 0.25) is 0 Å². The number of likely N-dealkylation sites (N-methyl/N-ethyl adjacent to an activating group) is 2. The van der Waals surface area contributed by atoms with E-state index in [1.807, 2.05) is 25.1 Å². The first-order valence-corrected chi connectivity index (χ1v) is 8.80. The van der Waals surface area contributed by atoms with Crippen LogP contribution < -0.4 is 0 Å². The van der Waals surface area contributed by atoms with Crippen molar-refractivity contribution in [2.24, 2.45) is 0 Å². The molecule has 1 heterocycles. The zero-order valence-electron chi connectivity index (χ0n) is 15.5. The molecule has 0 saturated carbocycles. The van der Waals surface area contributed by atoms with Crippen LogP contribution in [-0.4, -0.2) is 77.6 Å². The fraction of sp³-hybridized carbons (Fsp3) is 0.632. The molecule has 1 amide bonds. The van der Waals surface area contributed by atoms with Crippen molar-refractivity contribution in [3.05, 3.63) is 35.4 Å². The summed E-state index contributed by atoms with van der Waals surface area (Å²) >= 11 is 0. The lowest BCUT2D eigenvalue weighted by molar-refractivity contribution is 0.0314. The van der Waals surface area contributed by atoms with Gasteiger partial charge in [0.25, 0.3) is 5.91 Å². The minimum atomic E-state index is -0.886. The van der Waals surface area contributed by atoms with Crippen molar-refractivity contribution in [3.63, 3.8) is 0 Å². The SMILES string of the molecule is CCN(CC(C)(C)O)C(=O)c1cccc(CN2CCN(C)CC2)c1. The average Bonchev–Trinajstić information content (AvgIpc) is 2.53. The Morgan fingerprint density at radius 1 is 1.25 bits per heavy atom. The minimum Gasteiger partial charge on any atom is -0.389 e. The van der Waals surface area contributed by atoms with Gasteiger partial charge >= 0.3 is 0 Å². The van der Waals surface area contributed by atoms with E-state index in [9.17, 15) is 9.90 Å². The Morgan fingerprint density at radius 3 is 2.50 bits per heavy atom. The van der Waals surface area contributed by atoms with Crippen LogP contribution in [-0.2, 0) is 6.54 Å². The summed E-state index contributed by atoms with van der Waals surface area (Å²) in [5, 5.41) is 10.0. The smallest absolute Gasteiger partial charge is 0.253 e. The summed E-state index contributed by atoms with van der Waals surface area (Å²) in [5.41, 5.74) is 0.987. The monoisotopic (exact) mass is 333 g/mol. The zero-order valence-corrected chi connectivity index (χ0v) is 15.5. The number of carbonyl (C=O) groups excluding carboxylic acids is 1. The number of aliphatic hydroxyl groups is 1. The van der Waals surface area contributed by atoms with Gasteiger partial charge in [0.1, 0.15) is 0 Å². The number of amides is 1. The lowest BCUT2D eigenvalue weighted by atomic mass is 10.1. The zero-order chi connectivity index (χ0) is 17.7. The highest BCUT2D eigenvalue weighted by Gasteiger charge is 2.22. The van der Waals surface area contributed by atoms with Crippen molar-refractivity contribution in [2.75, 3.05) is 46.3 Å². The lowest BCUT2D eigenvalue weighted by Crippen LogP contribution is -2.44. The number of rotatable bonds is 6. The van der Waals surface area contributed by atoms with Crippen molar-refractivity contribution in [2.45, 2.75) is 32.9 Å². The molecule has 1 fully saturated rings. The van der Waals surface area contributed by atoms with Crippen molar-refractivity contribution in [1.29, 1.82) is 0 Å². The molecule has 5 nitrogen and oxygen atoms in total. The van der Waals surface area contributed by atoms with Crippen molar-refractivity contribution >= 4 is 5.91 Å². The van der Waals surface area contributed by atoms with Gasteiger partial charge in [-0.15, -0.1) is 0 Å². The van der Waals surface area contributed by atoms with Crippen LogP contribution in [0.25, 0.3) is 0 Å². The number of benzene rings is 1. The quantitative estimate of drug-likeness (QED) is 0.860. The number of nitrogens with zero attached hydrogens (tertiary/aromatic N) is 3.